The zero-order chi connectivity index (χ0) is 15.8. The Morgan fingerprint density at radius 3 is 2.62 bits per heavy atom. The number of rotatable bonds is 2. The van der Waals surface area contributed by atoms with Crippen molar-refractivity contribution >= 4 is 29.5 Å². The van der Waals surface area contributed by atoms with E-state index >= 15 is 0 Å². The zero-order valence-corrected chi connectivity index (χ0v) is 13.4. The summed E-state index contributed by atoms with van der Waals surface area (Å²) in [5.41, 5.74) is 5.07. The van der Waals surface area contributed by atoms with Crippen molar-refractivity contribution in [2.24, 2.45) is 0 Å². The summed E-state index contributed by atoms with van der Waals surface area (Å²) in [6.07, 6.45) is -0.326. The predicted octanol–water partition coefficient (Wildman–Crippen LogP) is 1.77. The van der Waals surface area contributed by atoms with Crippen LogP contribution in [0, 0.1) is 0 Å². The maximum Gasteiger partial charge on any atom is 0.410 e. The van der Waals surface area contributed by atoms with Crippen LogP contribution in [0.4, 0.5) is 16.6 Å². The molecule has 0 atom stereocenters. The van der Waals surface area contributed by atoms with Crippen LogP contribution in [0.5, 0.6) is 0 Å². The Hall–Kier alpha value is -1.76. The highest BCUT2D eigenvalue weighted by molar-refractivity contribution is 6.29. The molecule has 21 heavy (non-hydrogen) atoms. The van der Waals surface area contributed by atoms with E-state index in [1.165, 1.54) is 0 Å². The van der Waals surface area contributed by atoms with Crippen molar-refractivity contribution in [1.82, 2.24) is 14.9 Å². The molecule has 0 radical (unpaired) electrons. The summed E-state index contributed by atoms with van der Waals surface area (Å²) in [6, 6.07) is 1.73. The van der Waals surface area contributed by atoms with Gasteiger partial charge in [0.1, 0.15) is 16.6 Å². The number of carbonyl (C=O) groups excluding carboxylic acids is 1. The third kappa shape index (κ3) is 3.87. The smallest absolute Gasteiger partial charge is 0.410 e. The lowest BCUT2D eigenvalue weighted by Crippen LogP contribution is -2.60. The Morgan fingerprint density at radius 1 is 1.48 bits per heavy atom. The van der Waals surface area contributed by atoms with Gasteiger partial charge in [0, 0.05) is 26.2 Å². The second-order valence-electron chi connectivity index (χ2n) is 6.06. The third-order valence-corrected chi connectivity index (χ3v) is 3.31. The molecule has 0 spiro atoms. The number of likely N-dealkylation sites (N-methyl/N-ethyl adjacent to an activating group) is 1. The van der Waals surface area contributed by atoms with Crippen molar-refractivity contribution < 1.29 is 9.53 Å². The topological polar surface area (TPSA) is 84.6 Å². The van der Waals surface area contributed by atoms with Crippen LogP contribution in [0.2, 0.25) is 5.15 Å². The Labute approximate surface area is 129 Å². The van der Waals surface area contributed by atoms with Crippen molar-refractivity contribution in [3.8, 4) is 0 Å². The van der Waals surface area contributed by atoms with Gasteiger partial charge in [-0.1, -0.05) is 11.6 Å². The molecule has 0 unspecified atom stereocenters. The van der Waals surface area contributed by atoms with Crippen molar-refractivity contribution in [2.75, 3.05) is 30.8 Å². The number of hydrogen-bond donors (Lipinski definition) is 1. The molecule has 0 aromatic carbocycles. The van der Waals surface area contributed by atoms with Crippen LogP contribution in [0.1, 0.15) is 20.8 Å². The number of hydrogen-bond acceptors (Lipinski definition) is 6. The molecule has 0 bridgehead atoms. The van der Waals surface area contributed by atoms with Crippen LogP contribution in [-0.2, 0) is 4.74 Å². The van der Waals surface area contributed by atoms with Crippen LogP contribution in [0.15, 0.2) is 6.07 Å². The highest BCUT2D eigenvalue weighted by Gasteiger charge is 2.35. The SMILES string of the molecule is CN(C(=O)OC(C)(C)C)C1CN(c2cc(Cl)nc(N)n2)C1. The van der Waals surface area contributed by atoms with Crippen molar-refractivity contribution in [3.63, 3.8) is 0 Å². The van der Waals surface area contributed by atoms with Crippen LogP contribution >= 0.6 is 11.6 Å². The average Bonchev–Trinajstić information content (AvgIpc) is 2.22. The molecule has 1 amide bonds. The van der Waals surface area contributed by atoms with E-state index in [4.69, 9.17) is 22.1 Å². The summed E-state index contributed by atoms with van der Waals surface area (Å²) in [5.74, 6) is 0.808. The lowest BCUT2D eigenvalue weighted by molar-refractivity contribution is 0.0196. The standard InChI is InChI=1S/C13H20ClN5O2/c1-13(2,3)21-12(20)18(4)8-6-19(7-8)10-5-9(14)16-11(15)17-10/h5,8H,6-7H2,1-4H3,(H2,15,16,17). The highest BCUT2D eigenvalue weighted by Crippen LogP contribution is 2.24. The summed E-state index contributed by atoms with van der Waals surface area (Å²) in [4.78, 5) is 23.5. The van der Waals surface area contributed by atoms with Gasteiger partial charge in [0.05, 0.1) is 6.04 Å². The molecule has 1 aromatic rings. The van der Waals surface area contributed by atoms with E-state index in [0.717, 1.165) is 0 Å². The quantitative estimate of drug-likeness (QED) is 0.838. The Morgan fingerprint density at radius 2 is 2.10 bits per heavy atom. The summed E-state index contributed by atoms with van der Waals surface area (Å²) in [7, 11) is 1.73. The summed E-state index contributed by atoms with van der Waals surface area (Å²) in [5, 5.41) is 0.307. The fraction of sp³-hybridized carbons (Fsp3) is 0.615. The predicted molar refractivity (Wildman–Crippen MR) is 81.5 cm³/mol. The van der Waals surface area contributed by atoms with Gasteiger partial charge < -0.3 is 20.3 Å². The van der Waals surface area contributed by atoms with Crippen LogP contribution < -0.4 is 10.6 Å². The van der Waals surface area contributed by atoms with Gasteiger partial charge in [0.2, 0.25) is 5.95 Å². The molecule has 1 aliphatic heterocycles. The minimum atomic E-state index is -0.497. The Bertz CT molecular complexity index is 520. The molecule has 1 aliphatic rings. The van der Waals surface area contributed by atoms with Gasteiger partial charge in [-0.2, -0.15) is 4.98 Å². The molecule has 1 fully saturated rings. The maximum atomic E-state index is 12.0. The van der Waals surface area contributed by atoms with Crippen LogP contribution in [-0.4, -0.2) is 52.7 Å². The Balaban J connectivity index is 1.92. The molecule has 1 saturated heterocycles. The molecular formula is C13H20ClN5O2. The lowest BCUT2D eigenvalue weighted by Gasteiger charge is -2.44. The van der Waals surface area contributed by atoms with E-state index in [0.29, 0.717) is 24.1 Å². The highest BCUT2D eigenvalue weighted by atomic mass is 35.5. The van der Waals surface area contributed by atoms with Gasteiger partial charge in [0.25, 0.3) is 0 Å². The molecule has 2 rings (SSSR count). The van der Waals surface area contributed by atoms with Crippen molar-refractivity contribution in [2.45, 2.75) is 32.4 Å². The van der Waals surface area contributed by atoms with E-state index in [1.54, 1.807) is 18.0 Å². The molecule has 2 N–H and O–H groups in total. The van der Waals surface area contributed by atoms with Gasteiger partial charge in [-0.05, 0) is 20.8 Å². The number of nitrogens with zero attached hydrogens (tertiary/aromatic N) is 4. The minimum absolute atomic E-state index is 0.0785. The number of nitrogens with two attached hydrogens (primary N) is 1. The first kappa shape index (κ1) is 15.6. The number of ether oxygens (including phenoxy) is 1. The molecule has 2 heterocycles. The van der Waals surface area contributed by atoms with Gasteiger partial charge >= 0.3 is 6.09 Å². The molecular weight excluding hydrogens is 294 g/mol. The molecule has 0 aliphatic carbocycles. The summed E-state index contributed by atoms with van der Waals surface area (Å²) < 4.78 is 5.34. The van der Waals surface area contributed by atoms with E-state index in [2.05, 4.69) is 9.97 Å². The fourth-order valence-electron chi connectivity index (χ4n) is 1.96. The van der Waals surface area contributed by atoms with Gasteiger partial charge in [0.15, 0.2) is 0 Å². The average molecular weight is 314 g/mol. The van der Waals surface area contributed by atoms with Gasteiger partial charge in [-0.25, -0.2) is 9.78 Å². The Kier molecular flexibility index (Phi) is 4.13. The number of halogens is 1. The van der Waals surface area contributed by atoms with Crippen LogP contribution in [0.25, 0.3) is 0 Å². The summed E-state index contributed by atoms with van der Waals surface area (Å²) >= 11 is 5.85. The molecule has 116 valence electrons. The molecule has 7 nitrogen and oxygen atoms in total. The van der Waals surface area contributed by atoms with E-state index in [1.807, 2.05) is 25.7 Å². The number of carbonyl (C=O) groups is 1. The molecule has 0 saturated carbocycles. The zero-order valence-electron chi connectivity index (χ0n) is 12.6. The van der Waals surface area contributed by atoms with Gasteiger partial charge in [-0.3, -0.25) is 0 Å². The minimum Gasteiger partial charge on any atom is -0.444 e. The van der Waals surface area contributed by atoms with E-state index < -0.39 is 5.60 Å². The van der Waals surface area contributed by atoms with Crippen LogP contribution in [0.3, 0.4) is 0 Å². The fourth-order valence-corrected chi connectivity index (χ4v) is 2.14. The number of amides is 1. The normalized spacial score (nSPS) is 15.6. The van der Waals surface area contributed by atoms with E-state index in [-0.39, 0.29) is 18.1 Å². The largest absolute Gasteiger partial charge is 0.444 e. The summed E-state index contributed by atoms with van der Waals surface area (Å²) in [6.45, 7) is 6.84. The first-order chi connectivity index (χ1) is 9.65. The third-order valence-electron chi connectivity index (χ3n) is 3.11. The monoisotopic (exact) mass is 313 g/mol. The number of anilines is 2. The van der Waals surface area contributed by atoms with Gasteiger partial charge in [-0.15, -0.1) is 0 Å². The van der Waals surface area contributed by atoms with Crippen molar-refractivity contribution in [3.05, 3.63) is 11.2 Å². The maximum absolute atomic E-state index is 12.0. The second-order valence-corrected chi connectivity index (χ2v) is 6.44. The number of aromatic nitrogens is 2. The molecule has 1 aromatic heterocycles. The first-order valence-corrected chi connectivity index (χ1v) is 7.04. The van der Waals surface area contributed by atoms with E-state index in [9.17, 15) is 4.79 Å². The molecule has 8 heteroatoms. The lowest BCUT2D eigenvalue weighted by atomic mass is 10.1. The number of nitrogen functional groups attached to an aromatic ring is 1. The van der Waals surface area contributed by atoms with Crippen molar-refractivity contribution in [1.29, 1.82) is 0 Å². The second kappa shape index (κ2) is 5.55. The first-order valence-electron chi connectivity index (χ1n) is 6.66.